The fraction of sp³-hybridized carbons (Fsp3) is 0.267. The lowest BCUT2D eigenvalue weighted by Crippen LogP contribution is -2.09. The van der Waals surface area contributed by atoms with Gasteiger partial charge >= 0.3 is 0 Å². The average molecular weight is 242 g/mol. The van der Waals surface area contributed by atoms with Gasteiger partial charge in [-0.05, 0) is 25.1 Å². The topological polar surface area (TPSA) is 48.1 Å². The van der Waals surface area contributed by atoms with Gasteiger partial charge in [0.05, 0.1) is 6.61 Å². The summed E-state index contributed by atoms with van der Waals surface area (Å²) in [5.74, 6) is 0.864. The van der Waals surface area contributed by atoms with E-state index in [1.165, 1.54) is 0 Å². The second-order valence-corrected chi connectivity index (χ2v) is 4.25. The lowest BCUT2D eigenvalue weighted by molar-refractivity contribution is 0.315. The second kappa shape index (κ2) is 6.17. The third kappa shape index (κ3) is 3.31. The molecule has 2 rings (SSSR count). The minimum Gasteiger partial charge on any atom is -0.493 e. The molecule has 0 fully saturated rings. The van der Waals surface area contributed by atoms with Gasteiger partial charge in [-0.1, -0.05) is 24.3 Å². The first-order valence-corrected chi connectivity index (χ1v) is 6.14. The largest absolute Gasteiger partial charge is 0.493 e. The van der Waals surface area contributed by atoms with Crippen LogP contribution in [0.3, 0.4) is 0 Å². The molecule has 1 aromatic carbocycles. The van der Waals surface area contributed by atoms with Crippen LogP contribution in [0.4, 0.5) is 0 Å². The number of rotatable bonds is 5. The number of nitrogens with zero attached hydrogens (tertiary/aromatic N) is 1. The lowest BCUT2D eigenvalue weighted by atomic mass is 10.1. The molecule has 2 N–H and O–H groups in total. The third-order valence-electron chi connectivity index (χ3n) is 2.75. The van der Waals surface area contributed by atoms with Gasteiger partial charge in [0.15, 0.2) is 0 Å². The van der Waals surface area contributed by atoms with Crippen LogP contribution < -0.4 is 10.5 Å². The zero-order chi connectivity index (χ0) is 12.8. The fourth-order valence-electron chi connectivity index (χ4n) is 1.80. The van der Waals surface area contributed by atoms with Crippen LogP contribution in [0.5, 0.6) is 5.75 Å². The Morgan fingerprint density at radius 2 is 1.94 bits per heavy atom. The smallest absolute Gasteiger partial charge is 0.124 e. The molecule has 3 heteroatoms. The molecule has 0 unspecified atom stereocenters. The molecule has 0 saturated carbocycles. The van der Waals surface area contributed by atoms with Crippen molar-refractivity contribution in [1.29, 1.82) is 0 Å². The van der Waals surface area contributed by atoms with Gasteiger partial charge in [0, 0.05) is 29.9 Å². The van der Waals surface area contributed by atoms with E-state index in [0.29, 0.717) is 6.61 Å². The van der Waals surface area contributed by atoms with E-state index in [2.05, 4.69) is 4.98 Å². The molecule has 2 aromatic rings. The molecule has 0 amide bonds. The predicted molar refractivity (Wildman–Crippen MR) is 72.5 cm³/mol. The first-order chi connectivity index (χ1) is 8.77. The van der Waals surface area contributed by atoms with Crippen LogP contribution in [0, 0.1) is 0 Å². The van der Waals surface area contributed by atoms with E-state index in [0.717, 1.165) is 23.4 Å². The highest BCUT2D eigenvalue weighted by molar-refractivity contribution is 5.35. The maximum absolute atomic E-state index is 5.91. The number of para-hydroxylation sites is 1. The van der Waals surface area contributed by atoms with Crippen LogP contribution in [0.15, 0.2) is 48.7 Å². The van der Waals surface area contributed by atoms with E-state index in [9.17, 15) is 0 Å². The average Bonchev–Trinajstić information content (AvgIpc) is 2.40. The van der Waals surface area contributed by atoms with Crippen LogP contribution in [0.1, 0.15) is 24.2 Å². The van der Waals surface area contributed by atoms with Crippen LogP contribution >= 0.6 is 0 Å². The molecule has 0 saturated heterocycles. The summed E-state index contributed by atoms with van der Waals surface area (Å²) < 4.78 is 5.78. The summed E-state index contributed by atoms with van der Waals surface area (Å²) in [6.07, 6.45) is 2.60. The number of ether oxygens (including phenoxy) is 1. The SMILES string of the molecule is C[C@@H](N)c1ccccc1OCCc1ccccn1. The number of nitrogens with two attached hydrogens (primary N) is 1. The van der Waals surface area contributed by atoms with Gasteiger partial charge in [-0.2, -0.15) is 0 Å². The van der Waals surface area contributed by atoms with Crippen molar-refractivity contribution in [2.24, 2.45) is 5.73 Å². The van der Waals surface area contributed by atoms with Crippen molar-refractivity contribution < 1.29 is 4.74 Å². The Morgan fingerprint density at radius 1 is 1.17 bits per heavy atom. The molecule has 0 radical (unpaired) electrons. The molecule has 1 atom stereocenters. The Labute approximate surface area is 108 Å². The molecule has 18 heavy (non-hydrogen) atoms. The van der Waals surface area contributed by atoms with E-state index in [-0.39, 0.29) is 6.04 Å². The molecule has 0 aliphatic carbocycles. The van der Waals surface area contributed by atoms with Gasteiger partial charge in [-0.25, -0.2) is 0 Å². The quantitative estimate of drug-likeness (QED) is 0.877. The molecule has 1 aromatic heterocycles. The van der Waals surface area contributed by atoms with E-state index < -0.39 is 0 Å². The second-order valence-electron chi connectivity index (χ2n) is 4.25. The molecule has 1 heterocycles. The minimum atomic E-state index is -0.0175. The van der Waals surface area contributed by atoms with Gasteiger partial charge in [0.25, 0.3) is 0 Å². The number of pyridine rings is 1. The molecule has 0 spiro atoms. The first-order valence-electron chi connectivity index (χ1n) is 6.14. The van der Waals surface area contributed by atoms with Crippen LogP contribution in [-0.4, -0.2) is 11.6 Å². The molecule has 3 nitrogen and oxygen atoms in total. The summed E-state index contributed by atoms with van der Waals surface area (Å²) in [6.45, 7) is 2.57. The van der Waals surface area contributed by atoms with E-state index >= 15 is 0 Å². The Kier molecular flexibility index (Phi) is 4.31. The summed E-state index contributed by atoms with van der Waals surface area (Å²) in [6, 6.07) is 13.8. The standard InChI is InChI=1S/C15H18N2O/c1-12(16)14-7-2-3-8-15(14)18-11-9-13-6-4-5-10-17-13/h2-8,10,12H,9,11,16H2,1H3/t12-/m1/s1. The molecular formula is C15H18N2O. The van der Waals surface area contributed by atoms with E-state index in [1.807, 2.05) is 49.4 Å². The summed E-state index contributed by atoms with van der Waals surface area (Å²) in [4.78, 5) is 4.26. The highest BCUT2D eigenvalue weighted by Gasteiger charge is 2.06. The Hall–Kier alpha value is -1.87. The summed E-state index contributed by atoms with van der Waals surface area (Å²) >= 11 is 0. The normalized spacial score (nSPS) is 12.1. The van der Waals surface area contributed by atoms with Crippen molar-refractivity contribution in [3.05, 3.63) is 59.9 Å². The zero-order valence-electron chi connectivity index (χ0n) is 10.5. The van der Waals surface area contributed by atoms with Gasteiger partial charge in [0.2, 0.25) is 0 Å². The maximum Gasteiger partial charge on any atom is 0.124 e. The number of hydrogen-bond donors (Lipinski definition) is 1. The van der Waals surface area contributed by atoms with Crippen LogP contribution in [0.25, 0.3) is 0 Å². The molecule has 94 valence electrons. The zero-order valence-corrected chi connectivity index (χ0v) is 10.5. The van der Waals surface area contributed by atoms with Gasteiger partial charge in [-0.15, -0.1) is 0 Å². The number of aromatic nitrogens is 1. The van der Waals surface area contributed by atoms with E-state index in [1.54, 1.807) is 6.20 Å². The number of hydrogen-bond acceptors (Lipinski definition) is 3. The Morgan fingerprint density at radius 3 is 2.67 bits per heavy atom. The molecular weight excluding hydrogens is 224 g/mol. The first kappa shape index (κ1) is 12.6. The third-order valence-corrected chi connectivity index (χ3v) is 2.75. The van der Waals surface area contributed by atoms with Crippen LogP contribution in [0.2, 0.25) is 0 Å². The minimum absolute atomic E-state index is 0.0175. The molecule has 0 bridgehead atoms. The monoisotopic (exact) mass is 242 g/mol. The Balaban J connectivity index is 1.94. The van der Waals surface area contributed by atoms with Gasteiger partial charge < -0.3 is 10.5 Å². The summed E-state index contributed by atoms with van der Waals surface area (Å²) in [5, 5.41) is 0. The summed E-state index contributed by atoms with van der Waals surface area (Å²) in [5.41, 5.74) is 7.98. The van der Waals surface area contributed by atoms with E-state index in [4.69, 9.17) is 10.5 Å². The maximum atomic E-state index is 5.91. The van der Waals surface area contributed by atoms with Gasteiger partial charge in [0.1, 0.15) is 5.75 Å². The van der Waals surface area contributed by atoms with Crippen molar-refractivity contribution in [3.63, 3.8) is 0 Å². The van der Waals surface area contributed by atoms with Crippen molar-refractivity contribution >= 4 is 0 Å². The summed E-state index contributed by atoms with van der Waals surface area (Å²) in [7, 11) is 0. The molecule has 0 aliphatic rings. The highest BCUT2D eigenvalue weighted by atomic mass is 16.5. The molecule has 0 aliphatic heterocycles. The van der Waals surface area contributed by atoms with Crippen molar-refractivity contribution in [3.8, 4) is 5.75 Å². The number of benzene rings is 1. The predicted octanol–water partition coefficient (Wildman–Crippen LogP) is 2.72. The van der Waals surface area contributed by atoms with Crippen LogP contribution in [-0.2, 0) is 6.42 Å². The highest BCUT2D eigenvalue weighted by Crippen LogP contribution is 2.23. The van der Waals surface area contributed by atoms with Crippen molar-refractivity contribution in [1.82, 2.24) is 4.98 Å². The van der Waals surface area contributed by atoms with Gasteiger partial charge in [-0.3, -0.25) is 4.98 Å². The fourth-order valence-corrected chi connectivity index (χ4v) is 1.80. The lowest BCUT2D eigenvalue weighted by Gasteiger charge is -2.13. The van der Waals surface area contributed by atoms with Crippen molar-refractivity contribution in [2.45, 2.75) is 19.4 Å². The Bertz CT molecular complexity index is 483. The van der Waals surface area contributed by atoms with Crippen molar-refractivity contribution in [2.75, 3.05) is 6.61 Å².